The van der Waals surface area contributed by atoms with Crippen LogP contribution in [-0.2, 0) is 27.4 Å². The lowest BCUT2D eigenvalue weighted by molar-refractivity contribution is -0.131. The Bertz CT molecular complexity index is 639. The van der Waals surface area contributed by atoms with Crippen molar-refractivity contribution in [2.75, 3.05) is 39.5 Å². The van der Waals surface area contributed by atoms with Gasteiger partial charge in [0.05, 0.1) is 19.8 Å². The Kier molecular flexibility index (Phi) is 13.1. The van der Waals surface area contributed by atoms with Gasteiger partial charge in [-0.15, -0.1) is 0 Å². The van der Waals surface area contributed by atoms with Crippen LogP contribution in [0.4, 0.5) is 0 Å². The first kappa shape index (κ1) is 24.5. The molecule has 2 aromatic rings. The Labute approximate surface area is 182 Å². The van der Waals surface area contributed by atoms with E-state index in [9.17, 15) is 0 Å². The number of hydrogen-bond donors (Lipinski definition) is 1. The van der Waals surface area contributed by atoms with Crippen LogP contribution in [0.15, 0.2) is 60.7 Å². The van der Waals surface area contributed by atoms with Crippen molar-refractivity contribution in [1.29, 1.82) is 0 Å². The Morgan fingerprint density at radius 1 is 0.767 bits per heavy atom. The molecule has 0 aliphatic rings. The molecule has 2 N–H and O–H groups in total. The summed E-state index contributed by atoms with van der Waals surface area (Å²) in [6.45, 7) is 8.33. The van der Waals surface area contributed by atoms with Gasteiger partial charge in [-0.05, 0) is 43.9 Å². The molecule has 30 heavy (non-hydrogen) atoms. The maximum absolute atomic E-state index is 5.85. The minimum absolute atomic E-state index is 0.175. The van der Waals surface area contributed by atoms with Gasteiger partial charge in [-0.2, -0.15) is 0 Å². The Morgan fingerprint density at radius 2 is 1.33 bits per heavy atom. The van der Waals surface area contributed by atoms with E-state index < -0.39 is 0 Å². The predicted octanol–water partition coefficient (Wildman–Crippen LogP) is 4.21. The lowest BCUT2D eigenvalue weighted by Gasteiger charge is -2.23. The smallest absolute Gasteiger partial charge is 0.154 e. The highest BCUT2D eigenvalue weighted by atomic mass is 16.7. The average Bonchev–Trinajstić information content (AvgIpc) is 2.78. The molecule has 2 rings (SSSR count). The van der Waals surface area contributed by atoms with Crippen molar-refractivity contribution in [3.05, 3.63) is 71.8 Å². The second-order valence-electron chi connectivity index (χ2n) is 7.46. The van der Waals surface area contributed by atoms with Crippen LogP contribution in [0.25, 0.3) is 0 Å². The fraction of sp³-hybridized carbons (Fsp3) is 0.520. The van der Waals surface area contributed by atoms with Gasteiger partial charge in [0.25, 0.3) is 0 Å². The van der Waals surface area contributed by atoms with Crippen molar-refractivity contribution in [2.24, 2.45) is 5.73 Å². The summed E-state index contributed by atoms with van der Waals surface area (Å²) in [6.07, 6.45) is 2.68. The zero-order valence-corrected chi connectivity index (χ0v) is 18.4. The van der Waals surface area contributed by atoms with E-state index >= 15 is 0 Å². The van der Waals surface area contributed by atoms with E-state index in [1.165, 1.54) is 11.1 Å². The Balaban J connectivity index is 1.66. The van der Waals surface area contributed by atoms with Crippen LogP contribution < -0.4 is 5.73 Å². The molecule has 0 amide bonds. The summed E-state index contributed by atoms with van der Waals surface area (Å²) in [7, 11) is 0. The number of nitrogens with two attached hydrogens (primary N) is 1. The molecule has 0 radical (unpaired) electrons. The zero-order valence-electron chi connectivity index (χ0n) is 18.4. The van der Waals surface area contributed by atoms with E-state index in [1.54, 1.807) is 0 Å². The second-order valence-corrected chi connectivity index (χ2v) is 7.46. The molecule has 0 bridgehead atoms. The van der Waals surface area contributed by atoms with Gasteiger partial charge in [0.1, 0.15) is 0 Å². The van der Waals surface area contributed by atoms with Crippen molar-refractivity contribution >= 4 is 0 Å². The molecule has 0 aliphatic heterocycles. The third-order valence-corrected chi connectivity index (χ3v) is 4.80. The van der Waals surface area contributed by atoms with Crippen LogP contribution in [-0.4, -0.2) is 50.6 Å². The van der Waals surface area contributed by atoms with Crippen molar-refractivity contribution in [3.8, 4) is 0 Å². The van der Waals surface area contributed by atoms with Crippen LogP contribution in [0.3, 0.4) is 0 Å². The largest absolute Gasteiger partial charge is 0.377 e. The van der Waals surface area contributed by atoms with Gasteiger partial charge >= 0.3 is 0 Å². The number of nitrogens with zero attached hydrogens (tertiary/aromatic N) is 1. The topological polar surface area (TPSA) is 57.0 Å². The standard InChI is InChI=1S/C25H38N2O3/c1-23(29-19-8-15-26)30-20-10-17-27(21-24-11-4-2-5-12-24)16-9-18-28-22-25-13-6-3-7-14-25/h2-7,11-14,23H,8-10,15-22,26H2,1H3. The summed E-state index contributed by atoms with van der Waals surface area (Å²) in [6, 6.07) is 20.9. The summed E-state index contributed by atoms with van der Waals surface area (Å²) in [5.41, 5.74) is 8.04. The minimum Gasteiger partial charge on any atom is -0.377 e. The van der Waals surface area contributed by atoms with Gasteiger partial charge < -0.3 is 19.9 Å². The van der Waals surface area contributed by atoms with Crippen LogP contribution in [0.2, 0.25) is 0 Å². The molecule has 0 heterocycles. The van der Waals surface area contributed by atoms with Crippen LogP contribution >= 0.6 is 0 Å². The first-order chi connectivity index (χ1) is 14.8. The van der Waals surface area contributed by atoms with Gasteiger partial charge in [-0.1, -0.05) is 60.7 Å². The predicted molar refractivity (Wildman–Crippen MR) is 122 cm³/mol. The van der Waals surface area contributed by atoms with E-state index in [0.29, 0.717) is 26.4 Å². The number of hydrogen-bond acceptors (Lipinski definition) is 5. The number of rotatable bonds is 17. The molecule has 166 valence electrons. The molecular weight excluding hydrogens is 376 g/mol. The quantitative estimate of drug-likeness (QED) is 0.310. The highest BCUT2D eigenvalue weighted by Gasteiger charge is 2.08. The second kappa shape index (κ2) is 16.0. The zero-order chi connectivity index (χ0) is 21.3. The van der Waals surface area contributed by atoms with E-state index in [0.717, 1.165) is 45.5 Å². The third-order valence-electron chi connectivity index (χ3n) is 4.80. The third kappa shape index (κ3) is 11.4. The monoisotopic (exact) mass is 414 g/mol. The Morgan fingerprint density at radius 3 is 1.97 bits per heavy atom. The van der Waals surface area contributed by atoms with Crippen molar-refractivity contribution in [2.45, 2.75) is 45.6 Å². The summed E-state index contributed by atoms with van der Waals surface area (Å²) in [5, 5.41) is 0. The van der Waals surface area contributed by atoms with Crippen molar-refractivity contribution < 1.29 is 14.2 Å². The van der Waals surface area contributed by atoms with Crippen molar-refractivity contribution in [3.63, 3.8) is 0 Å². The molecule has 1 unspecified atom stereocenters. The maximum atomic E-state index is 5.85. The lowest BCUT2D eigenvalue weighted by atomic mass is 10.2. The van der Waals surface area contributed by atoms with E-state index in [4.69, 9.17) is 19.9 Å². The SMILES string of the molecule is CC(OCCCN)OCCCN(CCCOCc1ccccc1)Cc1ccccc1. The first-order valence-corrected chi connectivity index (χ1v) is 11.1. The summed E-state index contributed by atoms with van der Waals surface area (Å²) >= 11 is 0. The molecule has 0 aliphatic carbocycles. The van der Waals surface area contributed by atoms with Crippen LogP contribution in [0.1, 0.15) is 37.3 Å². The molecule has 5 nitrogen and oxygen atoms in total. The highest BCUT2D eigenvalue weighted by molar-refractivity contribution is 5.14. The molecule has 0 aromatic heterocycles. The molecule has 0 saturated carbocycles. The molecule has 2 aromatic carbocycles. The lowest BCUT2D eigenvalue weighted by Crippen LogP contribution is -2.28. The minimum atomic E-state index is -0.175. The van der Waals surface area contributed by atoms with Gasteiger partial charge in [0.2, 0.25) is 0 Å². The first-order valence-electron chi connectivity index (χ1n) is 11.1. The summed E-state index contributed by atoms with van der Waals surface area (Å²) in [4.78, 5) is 2.48. The Hall–Kier alpha value is -1.76. The van der Waals surface area contributed by atoms with Gasteiger partial charge in [-0.25, -0.2) is 0 Å². The fourth-order valence-corrected chi connectivity index (χ4v) is 3.18. The number of ether oxygens (including phenoxy) is 3. The van der Waals surface area contributed by atoms with Crippen molar-refractivity contribution in [1.82, 2.24) is 4.90 Å². The maximum Gasteiger partial charge on any atom is 0.154 e. The molecule has 5 heteroatoms. The highest BCUT2D eigenvalue weighted by Crippen LogP contribution is 2.08. The molecule has 0 spiro atoms. The average molecular weight is 415 g/mol. The summed E-state index contributed by atoms with van der Waals surface area (Å²) in [5.74, 6) is 0. The van der Waals surface area contributed by atoms with Crippen LogP contribution in [0.5, 0.6) is 0 Å². The normalized spacial score (nSPS) is 12.4. The molecule has 1 atom stereocenters. The van der Waals surface area contributed by atoms with Gasteiger partial charge in [0.15, 0.2) is 6.29 Å². The van der Waals surface area contributed by atoms with E-state index in [2.05, 4.69) is 47.4 Å². The van der Waals surface area contributed by atoms with Gasteiger partial charge in [-0.3, -0.25) is 4.90 Å². The van der Waals surface area contributed by atoms with E-state index in [-0.39, 0.29) is 6.29 Å². The fourth-order valence-electron chi connectivity index (χ4n) is 3.18. The molecular formula is C25H38N2O3. The van der Waals surface area contributed by atoms with E-state index in [1.807, 2.05) is 25.1 Å². The van der Waals surface area contributed by atoms with Gasteiger partial charge in [0, 0.05) is 26.2 Å². The summed E-state index contributed by atoms with van der Waals surface area (Å²) < 4.78 is 17.2. The number of benzene rings is 2. The molecule has 0 saturated heterocycles. The van der Waals surface area contributed by atoms with Crippen LogP contribution in [0, 0.1) is 0 Å². The molecule has 0 fully saturated rings.